The monoisotopic (exact) mass is 953 g/mol. The van der Waals surface area contributed by atoms with Gasteiger partial charge >= 0.3 is 0 Å². The first-order valence-electron chi connectivity index (χ1n) is 25.7. The maximum Gasteiger partial charge on any atom is 0.240 e. The molecule has 5 nitrogen and oxygen atoms in total. The second kappa shape index (κ2) is 16.3. The largest absolute Gasteiger partial charge is 0.278 e. The zero-order chi connectivity index (χ0) is 50.0. The molecule has 356 valence electrons. The Labute approximate surface area is 425 Å². The van der Waals surface area contributed by atoms with E-state index in [9.17, 15) is 0 Å². The van der Waals surface area contributed by atoms with Crippen molar-refractivity contribution in [2.75, 3.05) is 0 Å². The Morgan fingerprint density at radius 3 is 1.33 bits per heavy atom. The van der Waals surface area contributed by atoms with Crippen molar-refractivity contribution >= 4 is 72.4 Å². The van der Waals surface area contributed by atoms with Crippen LogP contribution in [0.15, 0.2) is 188 Å². The van der Waals surface area contributed by atoms with Gasteiger partial charge in [0.05, 0.1) is 22.1 Å². The van der Waals surface area contributed by atoms with Gasteiger partial charge in [-0.05, 0) is 114 Å². The van der Waals surface area contributed by atoms with Crippen LogP contribution in [-0.4, -0.2) is 32.2 Å². The highest BCUT2D eigenvalue weighted by atomic mass is 28.3. The number of rotatable bonds is 7. The molecule has 0 unspecified atom stereocenters. The Morgan fingerprint density at radius 1 is 0.389 bits per heavy atom. The maximum absolute atomic E-state index is 5.67. The minimum Gasteiger partial charge on any atom is -0.278 e. The second-order valence-electron chi connectivity index (χ2n) is 23.7. The van der Waals surface area contributed by atoms with Crippen molar-refractivity contribution in [2.45, 2.75) is 97.3 Å². The van der Waals surface area contributed by atoms with Gasteiger partial charge in [-0.15, -0.1) is 0 Å². The van der Waals surface area contributed by atoms with E-state index < -0.39 is 8.07 Å². The SMILES string of the molecule is CC(C)(C)c1ccc2c(c1)c1cc(C(C)(C)C)ccc1n2-c1nc(-c2cccc([Si](c3ccccc3)(c3ccccc3)c3ccccc3)c2)nc(-n2c3ccccc3c3cc4c(cc32)C(C)(C)CC4(C)C)n1. The van der Waals surface area contributed by atoms with Crippen LogP contribution in [0.2, 0.25) is 0 Å². The zero-order valence-electron chi connectivity index (χ0n) is 43.3. The highest BCUT2D eigenvalue weighted by Gasteiger charge is 2.43. The van der Waals surface area contributed by atoms with Gasteiger partial charge in [-0.1, -0.05) is 215 Å². The van der Waals surface area contributed by atoms with E-state index in [4.69, 9.17) is 15.0 Å². The molecule has 0 fully saturated rings. The molecule has 1 aliphatic rings. The van der Waals surface area contributed by atoms with Gasteiger partial charge in [-0.3, -0.25) is 9.13 Å². The Balaban J connectivity index is 1.19. The predicted molar refractivity (Wildman–Crippen MR) is 306 cm³/mol. The number of hydrogen-bond acceptors (Lipinski definition) is 3. The molecule has 72 heavy (non-hydrogen) atoms. The van der Waals surface area contributed by atoms with Crippen LogP contribution in [0.5, 0.6) is 0 Å². The van der Waals surface area contributed by atoms with E-state index in [2.05, 4.69) is 266 Å². The van der Waals surface area contributed by atoms with E-state index in [0.29, 0.717) is 17.7 Å². The van der Waals surface area contributed by atoms with Gasteiger partial charge in [0.25, 0.3) is 0 Å². The second-order valence-corrected chi connectivity index (χ2v) is 27.5. The normalized spacial score (nSPS) is 14.7. The Bertz CT molecular complexity index is 3740. The summed E-state index contributed by atoms with van der Waals surface area (Å²) in [5.74, 6) is 1.79. The van der Waals surface area contributed by atoms with Gasteiger partial charge in [0.15, 0.2) is 13.9 Å². The Morgan fingerprint density at radius 2 is 0.819 bits per heavy atom. The number of para-hydroxylation sites is 1. The van der Waals surface area contributed by atoms with Gasteiger partial charge in [-0.2, -0.15) is 15.0 Å². The van der Waals surface area contributed by atoms with E-state index in [0.717, 1.165) is 34.1 Å². The molecule has 0 atom stereocenters. The molecule has 0 amide bonds. The van der Waals surface area contributed by atoms with Crippen molar-refractivity contribution in [3.63, 3.8) is 0 Å². The first kappa shape index (κ1) is 45.7. The Kier molecular flexibility index (Phi) is 10.4. The molecule has 12 rings (SSSR count). The van der Waals surface area contributed by atoms with Crippen LogP contribution in [0, 0.1) is 0 Å². The van der Waals surface area contributed by atoms with Crippen molar-refractivity contribution in [2.24, 2.45) is 0 Å². The van der Waals surface area contributed by atoms with E-state index >= 15 is 0 Å². The summed E-state index contributed by atoms with van der Waals surface area (Å²) in [5, 5.41) is 9.98. The Hall–Kier alpha value is -7.41. The van der Waals surface area contributed by atoms with Gasteiger partial charge in [0.2, 0.25) is 11.9 Å². The molecule has 0 aliphatic heterocycles. The van der Waals surface area contributed by atoms with Crippen LogP contribution >= 0.6 is 0 Å². The predicted octanol–water partition coefficient (Wildman–Crippen LogP) is 13.7. The summed E-state index contributed by atoms with van der Waals surface area (Å²) in [4.78, 5) is 17.0. The third kappa shape index (κ3) is 7.20. The summed E-state index contributed by atoms with van der Waals surface area (Å²) in [6, 6.07) is 70.1. The summed E-state index contributed by atoms with van der Waals surface area (Å²) in [6.45, 7) is 23.3. The van der Waals surface area contributed by atoms with Gasteiger partial charge in [0.1, 0.15) is 0 Å². The first-order valence-corrected chi connectivity index (χ1v) is 27.7. The number of fused-ring (bicyclic) bond motifs is 7. The average molecular weight is 954 g/mol. The molecule has 6 heteroatoms. The molecular weight excluding hydrogens is 891 g/mol. The molecule has 0 radical (unpaired) electrons. The number of nitrogens with zero attached hydrogens (tertiary/aromatic N) is 5. The van der Waals surface area contributed by atoms with Crippen LogP contribution in [0.4, 0.5) is 0 Å². The van der Waals surface area contributed by atoms with E-state index in [1.54, 1.807) is 0 Å². The van der Waals surface area contributed by atoms with Crippen LogP contribution in [0.3, 0.4) is 0 Å². The minimum atomic E-state index is -2.90. The van der Waals surface area contributed by atoms with Gasteiger partial charge in [-0.25, -0.2) is 0 Å². The number of hydrogen-bond donors (Lipinski definition) is 0. The highest BCUT2D eigenvalue weighted by Crippen LogP contribution is 2.51. The van der Waals surface area contributed by atoms with Gasteiger partial charge in [0, 0.05) is 27.1 Å². The maximum atomic E-state index is 5.67. The quantitative estimate of drug-likeness (QED) is 0.118. The summed E-state index contributed by atoms with van der Waals surface area (Å²) >= 11 is 0. The molecule has 8 aromatic carbocycles. The molecular formula is C66H63N5Si. The fourth-order valence-electron chi connectivity index (χ4n) is 12.5. The topological polar surface area (TPSA) is 48.5 Å². The molecule has 1 aliphatic carbocycles. The van der Waals surface area contributed by atoms with Crippen LogP contribution in [-0.2, 0) is 21.7 Å². The third-order valence-electron chi connectivity index (χ3n) is 15.8. The van der Waals surface area contributed by atoms with Crippen molar-refractivity contribution in [3.05, 3.63) is 210 Å². The smallest absolute Gasteiger partial charge is 0.240 e. The zero-order valence-corrected chi connectivity index (χ0v) is 44.3. The van der Waals surface area contributed by atoms with Crippen molar-refractivity contribution in [1.82, 2.24) is 24.1 Å². The van der Waals surface area contributed by atoms with Crippen molar-refractivity contribution in [1.29, 1.82) is 0 Å². The van der Waals surface area contributed by atoms with Crippen LogP contribution in [0.1, 0.15) is 97.9 Å². The van der Waals surface area contributed by atoms with Crippen LogP contribution < -0.4 is 20.7 Å². The number of benzene rings is 8. The van der Waals surface area contributed by atoms with E-state index in [1.165, 1.54) is 64.5 Å². The van der Waals surface area contributed by atoms with Gasteiger partial charge < -0.3 is 0 Å². The summed E-state index contributed by atoms with van der Waals surface area (Å²) in [5.41, 5.74) is 10.6. The third-order valence-corrected chi connectivity index (χ3v) is 20.6. The molecule has 0 bridgehead atoms. The molecule has 0 spiro atoms. The summed E-state index contributed by atoms with van der Waals surface area (Å²) < 4.78 is 4.60. The average Bonchev–Trinajstić information content (AvgIpc) is 3.94. The van der Waals surface area contributed by atoms with Crippen molar-refractivity contribution < 1.29 is 0 Å². The lowest BCUT2D eigenvalue weighted by Crippen LogP contribution is -2.74. The lowest BCUT2D eigenvalue weighted by molar-refractivity contribution is 0.403. The molecule has 3 aromatic heterocycles. The molecule has 11 aromatic rings. The lowest BCUT2D eigenvalue weighted by atomic mass is 9.82. The first-order chi connectivity index (χ1) is 34.4. The highest BCUT2D eigenvalue weighted by molar-refractivity contribution is 7.19. The number of aromatic nitrogens is 5. The molecule has 0 N–H and O–H groups in total. The fraction of sp³-hybridized carbons (Fsp3) is 0.227. The summed E-state index contributed by atoms with van der Waals surface area (Å²) in [6.07, 6.45) is 1.08. The van der Waals surface area contributed by atoms with E-state index in [1.807, 2.05) is 0 Å². The van der Waals surface area contributed by atoms with Crippen LogP contribution in [0.25, 0.3) is 66.9 Å². The van der Waals surface area contributed by atoms with Crippen molar-refractivity contribution in [3.8, 4) is 23.3 Å². The lowest BCUT2D eigenvalue weighted by Gasteiger charge is -2.34. The molecule has 0 saturated heterocycles. The standard InChI is InChI=1S/C66H63N5Si/c1-63(2,3)44-33-35-57-51(38-44)52-39-45(64(4,5)6)34-36-58(52)70(57)61-67-60(68-62(69-61)71-56-32-21-20-31-50(56)53-40-54-55(41-59(53)71)66(9,10)42-65(54,7)8)43-23-22-30-49(37-43)72(46-24-14-11-15-25-46,47-26-16-12-17-27-47)48-28-18-13-19-29-48/h11-41H,42H2,1-10H3. The fourth-order valence-corrected chi connectivity index (χ4v) is 17.3. The molecule has 0 saturated carbocycles. The minimum absolute atomic E-state index is 0.00238. The molecule has 3 heterocycles. The summed E-state index contributed by atoms with van der Waals surface area (Å²) in [7, 11) is -2.90. The van der Waals surface area contributed by atoms with E-state index in [-0.39, 0.29) is 21.7 Å².